The van der Waals surface area contributed by atoms with Gasteiger partial charge in [-0.3, -0.25) is 0 Å². The summed E-state index contributed by atoms with van der Waals surface area (Å²) in [4.78, 5) is 14.3. The average Bonchev–Trinajstić information content (AvgIpc) is 2.27. The van der Waals surface area contributed by atoms with Crippen LogP contribution in [0.25, 0.3) is 0 Å². The van der Waals surface area contributed by atoms with Gasteiger partial charge in [0.25, 0.3) is 0 Å². The molecular weight excluding hydrogens is 255 g/mol. The molecule has 8 heteroatoms. The van der Waals surface area contributed by atoms with Crippen LogP contribution in [0.1, 0.15) is 10.4 Å². The summed E-state index contributed by atoms with van der Waals surface area (Å²) in [6, 6.07) is 2.45. The molecule has 5 nitrogen and oxygen atoms in total. The summed E-state index contributed by atoms with van der Waals surface area (Å²) < 4.78 is 44.4. The van der Waals surface area contributed by atoms with Crippen LogP contribution < -0.4 is 4.74 Å². The third-order valence-electron chi connectivity index (χ3n) is 1.73. The van der Waals surface area contributed by atoms with Crippen LogP contribution >= 0.6 is 0 Å². The summed E-state index contributed by atoms with van der Waals surface area (Å²) >= 11 is 0. The quantitative estimate of drug-likeness (QED) is 0.793. The molecule has 0 aliphatic rings. The monoisotopic (exact) mass is 265 g/mol. The molecule has 18 heavy (non-hydrogen) atoms. The van der Waals surface area contributed by atoms with Crippen molar-refractivity contribution in [2.24, 2.45) is 0 Å². The van der Waals surface area contributed by atoms with E-state index in [4.69, 9.17) is 9.84 Å². The van der Waals surface area contributed by atoms with E-state index in [0.717, 1.165) is 0 Å². The van der Waals surface area contributed by atoms with Gasteiger partial charge in [0.15, 0.2) is 0 Å². The van der Waals surface area contributed by atoms with Crippen LogP contribution in [0.5, 0.6) is 5.88 Å². The lowest BCUT2D eigenvalue weighted by Crippen LogP contribution is -2.19. The highest BCUT2D eigenvalue weighted by Crippen LogP contribution is 2.14. The maximum Gasteiger partial charge on any atom is 0.411 e. The lowest BCUT2D eigenvalue weighted by atomic mass is 10.3. The molecule has 0 saturated carbocycles. The number of carboxylic acid groups (broad SMARTS) is 1. The molecule has 0 fully saturated rings. The van der Waals surface area contributed by atoms with Crippen molar-refractivity contribution in [1.82, 2.24) is 4.98 Å². The highest BCUT2D eigenvalue weighted by molar-refractivity contribution is 5.87. The van der Waals surface area contributed by atoms with Gasteiger partial charge in [-0.1, -0.05) is 0 Å². The largest absolute Gasteiger partial charge is 0.478 e. The zero-order valence-corrected chi connectivity index (χ0v) is 9.11. The Kier molecular flexibility index (Phi) is 4.90. The number of pyridine rings is 1. The van der Waals surface area contributed by atoms with Gasteiger partial charge in [-0.25, -0.2) is 9.78 Å². The van der Waals surface area contributed by atoms with Gasteiger partial charge in [-0.15, -0.1) is 0 Å². The fourth-order valence-electron chi connectivity index (χ4n) is 1.01. The van der Waals surface area contributed by atoms with Crippen LogP contribution in [-0.4, -0.2) is 42.1 Å². The highest BCUT2D eigenvalue weighted by atomic mass is 19.4. The molecule has 0 aliphatic heterocycles. The molecule has 0 spiro atoms. The van der Waals surface area contributed by atoms with E-state index in [1.807, 2.05) is 0 Å². The van der Waals surface area contributed by atoms with Crippen LogP contribution in [0.2, 0.25) is 0 Å². The number of ether oxygens (including phenoxy) is 2. The third-order valence-corrected chi connectivity index (χ3v) is 1.73. The molecule has 1 aromatic heterocycles. The first kappa shape index (κ1) is 14.2. The number of rotatable bonds is 6. The molecule has 0 aliphatic carbocycles. The first-order valence-corrected chi connectivity index (χ1v) is 4.85. The Balaban J connectivity index is 2.31. The minimum Gasteiger partial charge on any atom is -0.478 e. The molecule has 1 aromatic rings. The van der Waals surface area contributed by atoms with E-state index in [0.29, 0.717) is 0 Å². The summed E-state index contributed by atoms with van der Waals surface area (Å²) in [5.41, 5.74) is -0.0174. The van der Waals surface area contributed by atoms with E-state index in [2.05, 4.69) is 9.72 Å². The fourth-order valence-corrected chi connectivity index (χ4v) is 1.01. The van der Waals surface area contributed by atoms with E-state index in [1.165, 1.54) is 18.3 Å². The summed E-state index contributed by atoms with van der Waals surface area (Å²) in [5, 5.41) is 8.68. The zero-order chi connectivity index (χ0) is 13.6. The maximum absolute atomic E-state index is 11.7. The average molecular weight is 265 g/mol. The Morgan fingerprint density at radius 2 is 2.11 bits per heavy atom. The first-order valence-electron chi connectivity index (χ1n) is 4.85. The van der Waals surface area contributed by atoms with Crippen molar-refractivity contribution in [3.05, 3.63) is 23.9 Å². The number of hydrogen-bond acceptors (Lipinski definition) is 4. The smallest absolute Gasteiger partial charge is 0.411 e. The van der Waals surface area contributed by atoms with Crippen molar-refractivity contribution in [2.75, 3.05) is 19.8 Å². The first-order chi connectivity index (χ1) is 8.38. The number of hydrogen-bond donors (Lipinski definition) is 1. The normalized spacial score (nSPS) is 11.3. The van der Waals surface area contributed by atoms with Gasteiger partial charge in [0.1, 0.15) is 13.2 Å². The van der Waals surface area contributed by atoms with Crippen LogP contribution in [0, 0.1) is 0 Å². The van der Waals surface area contributed by atoms with Crippen LogP contribution in [-0.2, 0) is 4.74 Å². The zero-order valence-electron chi connectivity index (χ0n) is 9.11. The van der Waals surface area contributed by atoms with Crippen molar-refractivity contribution < 1.29 is 32.5 Å². The minimum absolute atomic E-state index is 0.0174. The number of aromatic carboxylic acids is 1. The summed E-state index contributed by atoms with van der Waals surface area (Å²) in [6.45, 7) is -1.76. The Labute approximate surface area is 100 Å². The fraction of sp³-hybridized carbons (Fsp3) is 0.400. The van der Waals surface area contributed by atoms with Gasteiger partial charge in [0, 0.05) is 12.3 Å². The predicted molar refractivity (Wildman–Crippen MR) is 53.6 cm³/mol. The second-order valence-electron chi connectivity index (χ2n) is 3.20. The molecule has 1 N–H and O–H groups in total. The predicted octanol–water partition coefficient (Wildman–Crippen LogP) is 1.74. The molecule has 0 unspecified atom stereocenters. The van der Waals surface area contributed by atoms with Crippen molar-refractivity contribution in [3.8, 4) is 5.88 Å². The summed E-state index contributed by atoms with van der Waals surface area (Å²) in [5.74, 6) is -1.12. The second kappa shape index (κ2) is 6.20. The molecule has 0 atom stereocenters. The second-order valence-corrected chi connectivity index (χ2v) is 3.20. The molecule has 0 saturated heterocycles. The van der Waals surface area contributed by atoms with Gasteiger partial charge < -0.3 is 14.6 Å². The number of aromatic nitrogens is 1. The lowest BCUT2D eigenvalue weighted by Gasteiger charge is -2.08. The van der Waals surface area contributed by atoms with E-state index < -0.39 is 18.8 Å². The topological polar surface area (TPSA) is 68.7 Å². The van der Waals surface area contributed by atoms with Crippen molar-refractivity contribution in [3.63, 3.8) is 0 Å². The minimum atomic E-state index is -4.37. The third kappa shape index (κ3) is 5.48. The standard InChI is InChI=1S/C10H10F3NO4/c11-10(12,13)6-17-3-4-18-8-5-7(9(15)16)1-2-14-8/h1-2,5H,3-4,6H2,(H,15,16). The Bertz CT molecular complexity index is 408. The summed E-state index contributed by atoms with van der Waals surface area (Å²) in [6.07, 6.45) is -3.14. The van der Waals surface area contributed by atoms with Gasteiger partial charge >= 0.3 is 12.1 Å². The van der Waals surface area contributed by atoms with Crippen LogP contribution in [0.3, 0.4) is 0 Å². The van der Waals surface area contributed by atoms with E-state index >= 15 is 0 Å². The number of carbonyl (C=O) groups is 1. The van der Waals surface area contributed by atoms with Crippen molar-refractivity contribution >= 4 is 5.97 Å². The number of nitrogens with zero attached hydrogens (tertiary/aromatic N) is 1. The molecule has 0 bridgehead atoms. The molecule has 100 valence electrons. The molecule has 0 radical (unpaired) electrons. The maximum atomic E-state index is 11.7. The van der Waals surface area contributed by atoms with Crippen molar-refractivity contribution in [1.29, 1.82) is 0 Å². The van der Waals surface area contributed by atoms with E-state index in [9.17, 15) is 18.0 Å². The Morgan fingerprint density at radius 1 is 1.39 bits per heavy atom. The van der Waals surface area contributed by atoms with Crippen molar-refractivity contribution in [2.45, 2.75) is 6.18 Å². The van der Waals surface area contributed by atoms with Crippen LogP contribution in [0.15, 0.2) is 18.3 Å². The van der Waals surface area contributed by atoms with Crippen LogP contribution in [0.4, 0.5) is 13.2 Å². The molecule has 0 amide bonds. The number of alkyl halides is 3. The number of carboxylic acids is 1. The van der Waals surface area contributed by atoms with Gasteiger partial charge in [0.05, 0.1) is 12.2 Å². The molecule has 0 aromatic carbocycles. The van der Waals surface area contributed by atoms with Gasteiger partial charge in [-0.2, -0.15) is 13.2 Å². The molecule has 1 rings (SSSR count). The SMILES string of the molecule is O=C(O)c1ccnc(OCCOCC(F)(F)F)c1. The molecular formula is C10H10F3NO4. The Morgan fingerprint density at radius 3 is 2.72 bits per heavy atom. The number of halogens is 3. The molecule has 1 heterocycles. The Hall–Kier alpha value is -1.83. The van der Waals surface area contributed by atoms with Gasteiger partial charge in [0.2, 0.25) is 5.88 Å². The highest BCUT2D eigenvalue weighted by Gasteiger charge is 2.27. The van der Waals surface area contributed by atoms with Gasteiger partial charge in [-0.05, 0) is 6.07 Å². The lowest BCUT2D eigenvalue weighted by molar-refractivity contribution is -0.175. The summed E-state index contributed by atoms with van der Waals surface area (Å²) in [7, 11) is 0. The van der Waals surface area contributed by atoms with E-state index in [1.54, 1.807) is 0 Å². The van der Waals surface area contributed by atoms with E-state index in [-0.39, 0.29) is 24.7 Å².